The number of ether oxygens (including phenoxy) is 2. The van der Waals surface area contributed by atoms with Crippen molar-refractivity contribution in [2.24, 2.45) is 0 Å². The lowest BCUT2D eigenvalue weighted by molar-refractivity contribution is -0.135. The number of thioether (sulfide) groups is 1. The first-order valence-corrected chi connectivity index (χ1v) is 14.4. The zero-order chi connectivity index (χ0) is 27.8. The molecule has 4 rings (SSSR count). The normalized spacial score (nSPS) is 16.9. The molecule has 2 saturated heterocycles. The molecule has 2 fully saturated rings. The molecule has 7 nitrogen and oxygen atoms in total. The van der Waals surface area contributed by atoms with Gasteiger partial charge in [0.2, 0.25) is 5.91 Å². The Balaban J connectivity index is 1.55. The third kappa shape index (κ3) is 7.46. The third-order valence-electron chi connectivity index (χ3n) is 6.54. The van der Waals surface area contributed by atoms with Crippen LogP contribution in [0.2, 0.25) is 5.02 Å². The zero-order valence-corrected chi connectivity index (χ0v) is 23.7. The SMILES string of the molecule is C=CCc1cc(C=C2SC(=O)N(CC(=O)N3CCCCCC3)C2=O)cc(OCC)c1OCc1ccc(Cl)cc1. The standard InChI is InChI=1S/C30H33ClN2O5S/c1-3-9-23-16-22(17-25(37-4-2)28(23)38-20-21-10-12-24(31)13-11-21)18-26-29(35)33(30(36)39-26)19-27(34)32-14-7-5-6-8-15-32/h3,10-13,16-18H,1,4-9,14-15,19-20H2,2H3. The lowest BCUT2D eigenvalue weighted by Crippen LogP contribution is -2.42. The Kier molecular flexibility index (Phi) is 10.1. The van der Waals surface area contributed by atoms with Crippen LogP contribution in [-0.2, 0) is 22.6 Å². The van der Waals surface area contributed by atoms with Crippen LogP contribution in [0.1, 0.15) is 49.3 Å². The number of halogens is 1. The lowest BCUT2D eigenvalue weighted by atomic mass is 10.0. The number of hydrogen-bond donors (Lipinski definition) is 0. The highest BCUT2D eigenvalue weighted by Gasteiger charge is 2.37. The first kappa shape index (κ1) is 28.8. The van der Waals surface area contributed by atoms with Crippen molar-refractivity contribution >= 4 is 46.5 Å². The second-order valence-corrected chi connectivity index (χ2v) is 10.8. The summed E-state index contributed by atoms with van der Waals surface area (Å²) in [5, 5.41) is 0.217. The van der Waals surface area contributed by atoms with E-state index in [1.807, 2.05) is 37.3 Å². The minimum atomic E-state index is -0.459. The molecule has 2 aliphatic rings. The summed E-state index contributed by atoms with van der Waals surface area (Å²) in [4.78, 5) is 41.7. The minimum absolute atomic E-state index is 0.186. The van der Waals surface area contributed by atoms with E-state index in [1.165, 1.54) is 0 Å². The number of hydrogen-bond acceptors (Lipinski definition) is 6. The Morgan fingerprint density at radius 1 is 1.08 bits per heavy atom. The Morgan fingerprint density at radius 3 is 2.46 bits per heavy atom. The number of amides is 3. The van der Waals surface area contributed by atoms with Gasteiger partial charge in [-0.2, -0.15) is 0 Å². The summed E-state index contributed by atoms with van der Waals surface area (Å²) in [6.45, 7) is 7.60. The van der Waals surface area contributed by atoms with E-state index >= 15 is 0 Å². The molecule has 0 spiro atoms. The smallest absolute Gasteiger partial charge is 0.294 e. The monoisotopic (exact) mass is 568 g/mol. The van der Waals surface area contributed by atoms with E-state index in [0.717, 1.165) is 53.5 Å². The van der Waals surface area contributed by atoms with Crippen LogP contribution in [0.25, 0.3) is 6.08 Å². The highest BCUT2D eigenvalue weighted by Crippen LogP contribution is 2.38. The molecular formula is C30H33ClN2O5S. The molecule has 0 radical (unpaired) electrons. The van der Waals surface area contributed by atoms with Crippen molar-refractivity contribution in [1.29, 1.82) is 0 Å². The van der Waals surface area contributed by atoms with Gasteiger partial charge in [0.05, 0.1) is 11.5 Å². The second kappa shape index (κ2) is 13.7. The average Bonchev–Trinajstić information content (AvgIpc) is 3.10. The first-order valence-electron chi connectivity index (χ1n) is 13.2. The summed E-state index contributed by atoms with van der Waals surface area (Å²) in [6, 6.07) is 11.1. The van der Waals surface area contributed by atoms with Gasteiger partial charge in [0.15, 0.2) is 11.5 Å². The quantitative estimate of drug-likeness (QED) is 0.241. The van der Waals surface area contributed by atoms with E-state index < -0.39 is 11.1 Å². The van der Waals surface area contributed by atoms with Crippen molar-refractivity contribution in [1.82, 2.24) is 9.80 Å². The fourth-order valence-corrected chi connectivity index (χ4v) is 5.54. The van der Waals surface area contributed by atoms with Crippen LogP contribution in [0, 0.1) is 0 Å². The molecule has 39 heavy (non-hydrogen) atoms. The molecule has 0 unspecified atom stereocenters. The number of likely N-dealkylation sites (tertiary alicyclic amines) is 1. The molecule has 3 amide bonds. The van der Waals surface area contributed by atoms with Crippen molar-refractivity contribution < 1.29 is 23.9 Å². The fraction of sp³-hybridized carbons (Fsp3) is 0.367. The average molecular weight is 569 g/mol. The summed E-state index contributed by atoms with van der Waals surface area (Å²) >= 11 is 6.84. The molecule has 206 valence electrons. The van der Waals surface area contributed by atoms with Gasteiger partial charge in [-0.25, -0.2) is 0 Å². The number of allylic oxidation sites excluding steroid dienone is 1. The summed E-state index contributed by atoms with van der Waals surface area (Å²) < 4.78 is 12.1. The van der Waals surface area contributed by atoms with Gasteiger partial charge < -0.3 is 14.4 Å². The van der Waals surface area contributed by atoms with Crippen molar-refractivity contribution in [3.05, 3.63) is 75.7 Å². The second-order valence-electron chi connectivity index (χ2n) is 9.41. The van der Waals surface area contributed by atoms with Crippen LogP contribution < -0.4 is 9.47 Å². The first-order chi connectivity index (χ1) is 18.9. The maximum absolute atomic E-state index is 13.1. The van der Waals surface area contributed by atoms with Crippen LogP contribution in [0.4, 0.5) is 4.79 Å². The summed E-state index contributed by atoms with van der Waals surface area (Å²) in [6.07, 6.45) is 8.03. The minimum Gasteiger partial charge on any atom is -0.490 e. The van der Waals surface area contributed by atoms with E-state index in [-0.39, 0.29) is 17.4 Å². The van der Waals surface area contributed by atoms with E-state index in [2.05, 4.69) is 6.58 Å². The van der Waals surface area contributed by atoms with Crippen molar-refractivity contribution in [2.75, 3.05) is 26.2 Å². The molecule has 0 aromatic heterocycles. The predicted molar refractivity (Wildman–Crippen MR) is 155 cm³/mol. The number of carbonyl (C=O) groups excluding carboxylic acids is 3. The number of nitrogens with zero attached hydrogens (tertiary/aromatic N) is 2. The van der Waals surface area contributed by atoms with Gasteiger partial charge >= 0.3 is 0 Å². The largest absolute Gasteiger partial charge is 0.490 e. The zero-order valence-electron chi connectivity index (χ0n) is 22.1. The predicted octanol–water partition coefficient (Wildman–Crippen LogP) is 6.49. The Morgan fingerprint density at radius 2 is 1.79 bits per heavy atom. The molecule has 2 heterocycles. The molecule has 0 saturated carbocycles. The molecule has 0 bridgehead atoms. The number of benzene rings is 2. The number of imide groups is 1. The molecule has 2 aliphatic heterocycles. The van der Waals surface area contributed by atoms with Crippen LogP contribution in [-0.4, -0.2) is 53.1 Å². The fourth-order valence-electron chi connectivity index (χ4n) is 4.58. The van der Waals surface area contributed by atoms with E-state index in [9.17, 15) is 14.4 Å². The Bertz CT molecular complexity index is 1250. The van der Waals surface area contributed by atoms with Crippen LogP contribution in [0.3, 0.4) is 0 Å². The van der Waals surface area contributed by atoms with Crippen molar-refractivity contribution in [3.8, 4) is 11.5 Å². The van der Waals surface area contributed by atoms with Gasteiger partial charge in [-0.05, 0) is 79.4 Å². The van der Waals surface area contributed by atoms with Crippen molar-refractivity contribution in [3.63, 3.8) is 0 Å². The van der Waals surface area contributed by atoms with Crippen LogP contribution in [0.5, 0.6) is 11.5 Å². The number of carbonyl (C=O) groups is 3. The van der Waals surface area contributed by atoms with Gasteiger partial charge in [0.25, 0.3) is 11.1 Å². The summed E-state index contributed by atoms with van der Waals surface area (Å²) in [7, 11) is 0. The van der Waals surface area contributed by atoms with E-state index in [4.69, 9.17) is 21.1 Å². The van der Waals surface area contributed by atoms with Crippen molar-refractivity contribution in [2.45, 2.75) is 45.6 Å². The Labute approximate surface area is 238 Å². The molecule has 2 aromatic carbocycles. The number of rotatable bonds is 10. The highest BCUT2D eigenvalue weighted by molar-refractivity contribution is 8.18. The maximum atomic E-state index is 13.1. The molecule has 0 aliphatic carbocycles. The van der Waals surface area contributed by atoms with Gasteiger partial charge in [-0.15, -0.1) is 6.58 Å². The summed E-state index contributed by atoms with van der Waals surface area (Å²) in [5.41, 5.74) is 2.49. The lowest BCUT2D eigenvalue weighted by Gasteiger charge is -2.22. The third-order valence-corrected chi connectivity index (χ3v) is 7.70. The topological polar surface area (TPSA) is 76.2 Å². The maximum Gasteiger partial charge on any atom is 0.294 e. The summed E-state index contributed by atoms with van der Waals surface area (Å²) in [5.74, 6) is 0.488. The highest BCUT2D eigenvalue weighted by atomic mass is 35.5. The van der Waals surface area contributed by atoms with Gasteiger partial charge in [-0.1, -0.05) is 42.7 Å². The molecular weight excluding hydrogens is 536 g/mol. The van der Waals surface area contributed by atoms with E-state index in [1.54, 1.807) is 23.1 Å². The van der Waals surface area contributed by atoms with Crippen LogP contribution >= 0.6 is 23.4 Å². The van der Waals surface area contributed by atoms with E-state index in [0.29, 0.717) is 54.8 Å². The van der Waals surface area contributed by atoms with Gasteiger partial charge in [0, 0.05) is 23.7 Å². The molecule has 9 heteroatoms. The molecule has 2 aromatic rings. The van der Waals surface area contributed by atoms with Crippen LogP contribution in [0.15, 0.2) is 54.0 Å². The molecule has 0 N–H and O–H groups in total. The van der Waals surface area contributed by atoms with Gasteiger partial charge in [-0.3, -0.25) is 19.3 Å². The van der Waals surface area contributed by atoms with Gasteiger partial charge in [0.1, 0.15) is 13.2 Å². The molecule has 0 atom stereocenters. The Hall–Kier alpha value is -3.23.